The van der Waals surface area contributed by atoms with Crippen molar-refractivity contribution in [2.24, 2.45) is 10.7 Å². The molecule has 0 unspecified atom stereocenters. The Morgan fingerprint density at radius 3 is 2.61 bits per heavy atom. The molecule has 1 fully saturated rings. The summed E-state index contributed by atoms with van der Waals surface area (Å²) in [5, 5.41) is 3.16. The molecule has 1 aromatic rings. The number of nitrogens with one attached hydrogen (secondary N) is 1. The molecule has 130 valence electrons. The maximum atomic E-state index is 5.77. The highest BCUT2D eigenvalue weighted by molar-refractivity contribution is 14.0. The van der Waals surface area contributed by atoms with Gasteiger partial charge in [-0.25, -0.2) is 9.97 Å². The van der Waals surface area contributed by atoms with Crippen LogP contribution < -0.4 is 16.0 Å². The average Bonchev–Trinajstić information content (AvgIpc) is 2.58. The zero-order chi connectivity index (χ0) is 15.6. The van der Waals surface area contributed by atoms with Crippen molar-refractivity contribution in [3.05, 3.63) is 18.5 Å². The monoisotopic (exact) mass is 433 g/mol. The largest absolute Gasteiger partial charge is 0.370 e. The molecular weight excluding hydrogens is 405 g/mol. The van der Waals surface area contributed by atoms with Crippen LogP contribution in [0.3, 0.4) is 0 Å². The maximum absolute atomic E-state index is 5.77. The summed E-state index contributed by atoms with van der Waals surface area (Å²) in [7, 11) is 0. The van der Waals surface area contributed by atoms with Crippen LogP contribution in [0.5, 0.6) is 0 Å². The van der Waals surface area contributed by atoms with Crippen molar-refractivity contribution in [2.45, 2.75) is 19.8 Å². The Morgan fingerprint density at radius 1 is 1.26 bits per heavy atom. The fraction of sp³-hybridized carbons (Fsp3) is 0.667. The van der Waals surface area contributed by atoms with Crippen molar-refractivity contribution in [2.75, 3.05) is 50.7 Å². The van der Waals surface area contributed by atoms with Gasteiger partial charge in [0.1, 0.15) is 0 Å². The van der Waals surface area contributed by atoms with Crippen molar-refractivity contribution in [1.29, 1.82) is 0 Å². The molecule has 2 rings (SSSR count). The highest BCUT2D eigenvalue weighted by atomic mass is 127. The Labute approximate surface area is 155 Å². The average molecular weight is 433 g/mol. The number of rotatable bonds is 7. The van der Waals surface area contributed by atoms with Crippen LogP contribution in [0.15, 0.2) is 23.5 Å². The third-order valence-electron chi connectivity index (χ3n) is 3.67. The van der Waals surface area contributed by atoms with Gasteiger partial charge < -0.3 is 16.0 Å². The third kappa shape index (κ3) is 7.30. The number of nitrogens with zero attached hydrogens (tertiary/aromatic N) is 5. The number of aromatic nitrogens is 2. The SMILES string of the molecule is CCCN=C(N)NCCCN1CCN(c2ncccn2)CC1.I. The van der Waals surface area contributed by atoms with Gasteiger partial charge in [-0.15, -0.1) is 24.0 Å². The third-order valence-corrected chi connectivity index (χ3v) is 3.67. The number of anilines is 1. The first kappa shape index (κ1) is 19.9. The zero-order valence-electron chi connectivity index (χ0n) is 13.8. The Morgan fingerprint density at radius 2 is 1.96 bits per heavy atom. The molecule has 0 aromatic carbocycles. The van der Waals surface area contributed by atoms with Crippen molar-refractivity contribution in [1.82, 2.24) is 20.2 Å². The van der Waals surface area contributed by atoms with Gasteiger partial charge in [0.15, 0.2) is 5.96 Å². The van der Waals surface area contributed by atoms with Crippen LogP contribution in [0.4, 0.5) is 5.95 Å². The molecule has 1 aromatic heterocycles. The van der Waals surface area contributed by atoms with Crippen LogP contribution in [0.1, 0.15) is 19.8 Å². The molecule has 0 bridgehead atoms. The minimum absolute atomic E-state index is 0. The van der Waals surface area contributed by atoms with E-state index in [0.29, 0.717) is 5.96 Å². The second kappa shape index (κ2) is 11.4. The van der Waals surface area contributed by atoms with E-state index in [4.69, 9.17) is 5.73 Å². The topological polar surface area (TPSA) is 82.7 Å². The molecular formula is C15H28IN7. The van der Waals surface area contributed by atoms with Crippen LogP contribution in [0.25, 0.3) is 0 Å². The summed E-state index contributed by atoms with van der Waals surface area (Å²) < 4.78 is 0. The van der Waals surface area contributed by atoms with E-state index in [1.165, 1.54) is 0 Å². The van der Waals surface area contributed by atoms with E-state index in [2.05, 4.69) is 37.0 Å². The first-order valence-electron chi connectivity index (χ1n) is 8.07. The van der Waals surface area contributed by atoms with Gasteiger partial charge in [0.25, 0.3) is 0 Å². The number of hydrogen-bond acceptors (Lipinski definition) is 5. The molecule has 0 saturated carbocycles. The molecule has 1 aliphatic rings. The van der Waals surface area contributed by atoms with E-state index in [1.807, 2.05) is 6.07 Å². The maximum Gasteiger partial charge on any atom is 0.225 e. The molecule has 0 radical (unpaired) electrons. The number of piperazine rings is 1. The summed E-state index contributed by atoms with van der Waals surface area (Å²) in [4.78, 5) is 17.5. The van der Waals surface area contributed by atoms with E-state index in [1.54, 1.807) is 12.4 Å². The van der Waals surface area contributed by atoms with E-state index in [-0.39, 0.29) is 24.0 Å². The molecule has 8 heteroatoms. The normalized spacial score (nSPS) is 16.0. The van der Waals surface area contributed by atoms with Gasteiger partial charge in [-0.05, 0) is 25.5 Å². The summed E-state index contributed by atoms with van der Waals surface area (Å²) in [5.41, 5.74) is 5.77. The molecule has 1 aliphatic heterocycles. The van der Waals surface area contributed by atoms with E-state index >= 15 is 0 Å². The minimum atomic E-state index is 0. The van der Waals surface area contributed by atoms with Gasteiger partial charge in [-0.1, -0.05) is 6.92 Å². The Hall–Kier alpha value is -1.16. The second-order valence-corrected chi connectivity index (χ2v) is 5.42. The number of nitrogens with two attached hydrogens (primary N) is 1. The molecule has 1 saturated heterocycles. The van der Waals surface area contributed by atoms with Crippen LogP contribution >= 0.6 is 24.0 Å². The molecule has 23 heavy (non-hydrogen) atoms. The van der Waals surface area contributed by atoms with Crippen molar-refractivity contribution >= 4 is 35.9 Å². The van der Waals surface area contributed by atoms with Gasteiger partial charge in [0, 0.05) is 51.7 Å². The van der Waals surface area contributed by atoms with Gasteiger partial charge in [0.05, 0.1) is 0 Å². The predicted molar refractivity (Wildman–Crippen MR) is 106 cm³/mol. The van der Waals surface area contributed by atoms with E-state index < -0.39 is 0 Å². The number of hydrogen-bond donors (Lipinski definition) is 2. The van der Waals surface area contributed by atoms with E-state index in [0.717, 1.165) is 64.6 Å². The van der Waals surface area contributed by atoms with Gasteiger partial charge in [-0.2, -0.15) is 0 Å². The van der Waals surface area contributed by atoms with Crippen molar-refractivity contribution < 1.29 is 0 Å². The lowest BCUT2D eigenvalue weighted by atomic mass is 10.3. The fourth-order valence-electron chi connectivity index (χ4n) is 2.43. The molecule has 3 N–H and O–H groups in total. The summed E-state index contributed by atoms with van der Waals surface area (Å²) in [5.74, 6) is 1.40. The lowest BCUT2D eigenvalue weighted by molar-refractivity contribution is 0.254. The minimum Gasteiger partial charge on any atom is -0.370 e. The number of aliphatic imine (C=N–C) groups is 1. The lowest BCUT2D eigenvalue weighted by Crippen LogP contribution is -2.47. The Kier molecular flexibility index (Phi) is 9.85. The van der Waals surface area contributed by atoms with Crippen LogP contribution in [-0.2, 0) is 0 Å². The number of guanidine groups is 1. The molecule has 2 heterocycles. The lowest BCUT2D eigenvalue weighted by Gasteiger charge is -2.34. The first-order valence-corrected chi connectivity index (χ1v) is 8.07. The smallest absolute Gasteiger partial charge is 0.225 e. The summed E-state index contributed by atoms with van der Waals surface area (Å²) in [6, 6.07) is 1.85. The molecule has 0 atom stereocenters. The Balaban J connectivity index is 0.00000264. The van der Waals surface area contributed by atoms with Crippen molar-refractivity contribution in [3.63, 3.8) is 0 Å². The quantitative estimate of drug-likeness (QED) is 0.288. The first-order chi connectivity index (χ1) is 10.8. The summed E-state index contributed by atoms with van der Waals surface area (Å²) in [6.45, 7) is 8.92. The van der Waals surface area contributed by atoms with Crippen LogP contribution in [0, 0.1) is 0 Å². The molecule has 0 spiro atoms. The molecule has 7 nitrogen and oxygen atoms in total. The second-order valence-electron chi connectivity index (χ2n) is 5.42. The van der Waals surface area contributed by atoms with Gasteiger partial charge in [0.2, 0.25) is 5.95 Å². The van der Waals surface area contributed by atoms with E-state index in [9.17, 15) is 0 Å². The number of halogens is 1. The molecule has 0 aliphatic carbocycles. The standard InChI is InChI=1S/C15H27N7.HI/c1-2-5-17-14(16)18-8-4-9-21-10-12-22(13-11-21)15-19-6-3-7-20-15;/h3,6-7H,2,4-5,8-13H2,1H3,(H3,16,17,18);1H. The predicted octanol–water partition coefficient (Wildman–Crippen LogP) is 0.921. The summed E-state index contributed by atoms with van der Waals surface area (Å²) in [6.07, 6.45) is 5.69. The zero-order valence-corrected chi connectivity index (χ0v) is 16.1. The van der Waals surface area contributed by atoms with Crippen molar-refractivity contribution in [3.8, 4) is 0 Å². The highest BCUT2D eigenvalue weighted by Gasteiger charge is 2.17. The van der Waals surface area contributed by atoms with Gasteiger partial charge in [-0.3, -0.25) is 9.89 Å². The molecule has 0 amide bonds. The Bertz CT molecular complexity index is 446. The highest BCUT2D eigenvalue weighted by Crippen LogP contribution is 2.09. The van der Waals surface area contributed by atoms with Crippen LogP contribution in [-0.4, -0.2) is 66.6 Å². The van der Waals surface area contributed by atoms with Gasteiger partial charge >= 0.3 is 0 Å². The fourth-order valence-corrected chi connectivity index (χ4v) is 2.43. The van der Waals surface area contributed by atoms with Crippen LogP contribution in [0.2, 0.25) is 0 Å². The summed E-state index contributed by atoms with van der Waals surface area (Å²) >= 11 is 0.